The Kier molecular flexibility index (Phi) is 6.89. The molecule has 1 saturated heterocycles. The summed E-state index contributed by atoms with van der Waals surface area (Å²) in [4.78, 5) is 40.4. The Bertz CT molecular complexity index is 1400. The fourth-order valence-corrected chi connectivity index (χ4v) is 4.52. The van der Waals surface area contributed by atoms with Crippen LogP contribution in [0.3, 0.4) is 0 Å². The molecule has 10 heteroatoms. The van der Waals surface area contributed by atoms with E-state index in [1.807, 2.05) is 36.1 Å². The predicted molar refractivity (Wildman–Crippen MR) is 135 cm³/mol. The van der Waals surface area contributed by atoms with Crippen LogP contribution in [0.4, 0.5) is 0 Å². The first kappa shape index (κ1) is 24.1. The molecule has 1 atom stereocenters. The Hall–Kier alpha value is -4.60. The van der Waals surface area contributed by atoms with E-state index >= 15 is 0 Å². The molecule has 37 heavy (non-hydrogen) atoms. The summed E-state index contributed by atoms with van der Waals surface area (Å²) in [6.07, 6.45) is 5.75. The van der Waals surface area contributed by atoms with Gasteiger partial charge in [0.15, 0.2) is 5.82 Å². The highest BCUT2D eigenvalue weighted by Gasteiger charge is 2.32. The van der Waals surface area contributed by atoms with Crippen molar-refractivity contribution in [2.24, 2.45) is 5.73 Å². The average molecular weight is 498 g/mol. The van der Waals surface area contributed by atoms with Crippen LogP contribution >= 0.6 is 0 Å². The van der Waals surface area contributed by atoms with Crippen molar-refractivity contribution in [1.29, 1.82) is 0 Å². The Morgan fingerprint density at radius 1 is 1.08 bits per heavy atom. The molecule has 2 aromatic heterocycles. The van der Waals surface area contributed by atoms with E-state index in [0.29, 0.717) is 41.7 Å². The van der Waals surface area contributed by atoms with E-state index in [-0.39, 0.29) is 11.9 Å². The zero-order valence-corrected chi connectivity index (χ0v) is 20.4. The average Bonchev–Trinajstić information content (AvgIpc) is 3.42. The number of carbonyl (C=O) groups excluding carboxylic acids is 2. The van der Waals surface area contributed by atoms with Gasteiger partial charge in [0.25, 0.3) is 5.91 Å². The number of carbonyl (C=O) groups is 2. The third-order valence-corrected chi connectivity index (χ3v) is 6.32. The second-order valence-electron chi connectivity index (χ2n) is 8.96. The molecule has 10 nitrogen and oxygen atoms in total. The Labute approximate surface area is 214 Å². The number of hydrogen-bond donors (Lipinski definition) is 1. The number of benzene rings is 2. The number of aryl methyl sites for hydroxylation is 1. The van der Waals surface area contributed by atoms with Crippen LogP contribution in [0.5, 0.6) is 11.6 Å². The minimum absolute atomic E-state index is 0.0602. The van der Waals surface area contributed by atoms with Gasteiger partial charge in [0.1, 0.15) is 18.4 Å². The lowest BCUT2D eigenvalue weighted by Crippen LogP contribution is -2.39. The highest BCUT2D eigenvalue weighted by Crippen LogP contribution is 2.32. The van der Waals surface area contributed by atoms with Gasteiger partial charge in [0.2, 0.25) is 11.8 Å². The molecule has 0 radical (unpaired) electrons. The van der Waals surface area contributed by atoms with Gasteiger partial charge in [0.05, 0.1) is 12.6 Å². The summed E-state index contributed by atoms with van der Waals surface area (Å²) in [6.45, 7) is 2.94. The Morgan fingerprint density at radius 3 is 2.65 bits per heavy atom. The maximum absolute atomic E-state index is 13.8. The summed E-state index contributed by atoms with van der Waals surface area (Å²) in [5.41, 5.74) is 7.95. The first-order chi connectivity index (χ1) is 18.0. The van der Waals surface area contributed by atoms with Crippen LogP contribution in [0, 0.1) is 6.92 Å². The number of nitrogens with two attached hydrogens (primary N) is 1. The Balaban J connectivity index is 1.41. The van der Waals surface area contributed by atoms with Crippen LogP contribution in [-0.4, -0.2) is 48.0 Å². The normalized spacial score (nSPS) is 15.4. The molecule has 5 rings (SSSR count). The van der Waals surface area contributed by atoms with Gasteiger partial charge in [-0.1, -0.05) is 18.2 Å². The van der Waals surface area contributed by atoms with Crippen molar-refractivity contribution >= 4 is 11.8 Å². The number of aromatic nitrogens is 5. The molecule has 0 saturated carbocycles. The van der Waals surface area contributed by atoms with Crippen LogP contribution in [0.15, 0.2) is 67.3 Å². The van der Waals surface area contributed by atoms with E-state index in [2.05, 4.69) is 20.1 Å². The van der Waals surface area contributed by atoms with Gasteiger partial charge in [-0.2, -0.15) is 10.1 Å². The molecule has 2 N–H and O–H groups in total. The van der Waals surface area contributed by atoms with Crippen molar-refractivity contribution < 1.29 is 14.3 Å². The van der Waals surface area contributed by atoms with Crippen LogP contribution < -0.4 is 10.5 Å². The SMILES string of the molecule is Cc1cc(Oc2ccc(C(N)=O)cc2)nc([C@H]2CCCCN2C(=O)c2ccccc2Cn2cncn2)n1. The molecule has 2 aromatic carbocycles. The van der Waals surface area contributed by atoms with E-state index in [9.17, 15) is 9.59 Å². The van der Waals surface area contributed by atoms with Crippen LogP contribution in [0.1, 0.15) is 63.1 Å². The number of rotatable bonds is 7. The van der Waals surface area contributed by atoms with Crippen LogP contribution in [0.2, 0.25) is 0 Å². The molecule has 1 aliphatic rings. The van der Waals surface area contributed by atoms with Crippen molar-refractivity contribution in [2.45, 2.75) is 38.8 Å². The third kappa shape index (κ3) is 5.48. The van der Waals surface area contributed by atoms with Crippen molar-refractivity contribution in [3.63, 3.8) is 0 Å². The van der Waals surface area contributed by atoms with Gasteiger partial charge in [-0.05, 0) is 62.1 Å². The van der Waals surface area contributed by atoms with Gasteiger partial charge < -0.3 is 15.4 Å². The number of amides is 2. The van der Waals surface area contributed by atoms with Gasteiger partial charge in [-0.15, -0.1) is 0 Å². The second kappa shape index (κ2) is 10.6. The number of piperidine rings is 1. The molecule has 188 valence electrons. The van der Waals surface area contributed by atoms with Crippen LogP contribution in [-0.2, 0) is 6.54 Å². The van der Waals surface area contributed by atoms with E-state index in [1.165, 1.54) is 6.33 Å². The summed E-state index contributed by atoms with van der Waals surface area (Å²) in [6, 6.07) is 15.6. The largest absolute Gasteiger partial charge is 0.439 e. The van der Waals surface area contributed by atoms with Crippen molar-refractivity contribution in [3.8, 4) is 11.6 Å². The van der Waals surface area contributed by atoms with Gasteiger partial charge >= 0.3 is 0 Å². The molecule has 1 fully saturated rings. The van der Waals surface area contributed by atoms with E-state index in [1.54, 1.807) is 41.3 Å². The quantitative estimate of drug-likeness (QED) is 0.412. The number of hydrogen-bond acceptors (Lipinski definition) is 7. The summed E-state index contributed by atoms with van der Waals surface area (Å²) in [5.74, 6) is 0.878. The van der Waals surface area contributed by atoms with Crippen molar-refractivity contribution in [2.75, 3.05) is 6.54 Å². The topological polar surface area (TPSA) is 129 Å². The zero-order valence-electron chi connectivity index (χ0n) is 20.4. The van der Waals surface area contributed by atoms with E-state index < -0.39 is 5.91 Å². The molecular formula is C27H27N7O3. The lowest BCUT2D eigenvalue weighted by Gasteiger charge is -2.35. The Morgan fingerprint density at radius 2 is 1.89 bits per heavy atom. The lowest BCUT2D eigenvalue weighted by molar-refractivity contribution is 0.0597. The minimum atomic E-state index is -0.503. The maximum atomic E-state index is 13.8. The van der Waals surface area contributed by atoms with Crippen LogP contribution in [0.25, 0.3) is 0 Å². The fraction of sp³-hybridized carbons (Fsp3) is 0.259. The smallest absolute Gasteiger partial charge is 0.254 e. The highest BCUT2D eigenvalue weighted by molar-refractivity contribution is 5.96. The summed E-state index contributed by atoms with van der Waals surface area (Å²) >= 11 is 0. The predicted octanol–water partition coefficient (Wildman–Crippen LogP) is 3.68. The maximum Gasteiger partial charge on any atom is 0.254 e. The molecule has 0 spiro atoms. The van der Waals surface area contributed by atoms with Gasteiger partial charge in [-0.3, -0.25) is 9.59 Å². The van der Waals surface area contributed by atoms with Gasteiger partial charge in [-0.25, -0.2) is 14.6 Å². The molecule has 2 amide bonds. The number of nitrogens with zero attached hydrogens (tertiary/aromatic N) is 6. The lowest BCUT2D eigenvalue weighted by atomic mass is 9.98. The number of primary amides is 1. The molecule has 0 unspecified atom stereocenters. The molecule has 0 bridgehead atoms. The molecular weight excluding hydrogens is 470 g/mol. The fourth-order valence-electron chi connectivity index (χ4n) is 4.52. The van der Waals surface area contributed by atoms with E-state index in [0.717, 1.165) is 30.5 Å². The standard InChI is InChI=1S/C27H27N7O3/c1-18-14-24(37-21-11-9-19(10-12-21)25(28)35)32-26(31-18)23-8-4-5-13-34(23)27(36)22-7-3-2-6-20(22)15-33-17-29-16-30-33/h2-3,6-7,9-12,14,16-17,23H,4-5,8,13,15H2,1H3,(H2,28,35)/t23-/m1/s1. The number of likely N-dealkylation sites (tertiary alicyclic amines) is 1. The molecule has 3 heterocycles. The second-order valence-corrected chi connectivity index (χ2v) is 8.96. The molecule has 1 aliphatic heterocycles. The number of ether oxygens (including phenoxy) is 1. The summed E-state index contributed by atoms with van der Waals surface area (Å²) < 4.78 is 7.66. The first-order valence-corrected chi connectivity index (χ1v) is 12.1. The molecule has 4 aromatic rings. The minimum Gasteiger partial charge on any atom is -0.439 e. The summed E-state index contributed by atoms with van der Waals surface area (Å²) in [5, 5.41) is 4.18. The zero-order chi connectivity index (χ0) is 25.8. The highest BCUT2D eigenvalue weighted by atomic mass is 16.5. The van der Waals surface area contributed by atoms with Crippen molar-refractivity contribution in [3.05, 3.63) is 95.5 Å². The monoisotopic (exact) mass is 497 g/mol. The third-order valence-electron chi connectivity index (χ3n) is 6.32. The van der Waals surface area contributed by atoms with Crippen molar-refractivity contribution in [1.82, 2.24) is 29.6 Å². The molecule has 0 aliphatic carbocycles. The van der Waals surface area contributed by atoms with Gasteiger partial charge in [0, 0.05) is 29.4 Å². The first-order valence-electron chi connectivity index (χ1n) is 12.1. The summed E-state index contributed by atoms with van der Waals surface area (Å²) in [7, 11) is 0. The van der Waals surface area contributed by atoms with E-state index in [4.69, 9.17) is 10.5 Å².